The number of rotatable bonds is 8. The summed E-state index contributed by atoms with van der Waals surface area (Å²) in [5.74, 6) is 1.24. The van der Waals surface area contributed by atoms with Crippen LogP contribution in [0.1, 0.15) is 16.1 Å². The molecule has 144 valence electrons. The maximum atomic E-state index is 12.3. The van der Waals surface area contributed by atoms with Crippen molar-refractivity contribution in [2.75, 3.05) is 25.6 Å². The van der Waals surface area contributed by atoms with Crippen molar-refractivity contribution in [2.45, 2.75) is 6.92 Å². The Morgan fingerprint density at radius 3 is 2.39 bits per heavy atom. The molecule has 28 heavy (non-hydrogen) atoms. The Kier molecular flexibility index (Phi) is 6.46. The minimum Gasteiger partial charge on any atom is -0.497 e. The number of aromatic nitrogens is 1. The highest BCUT2D eigenvalue weighted by molar-refractivity contribution is 5.93. The van der Waals surface area contributed by atoms with E-state index >= 15 is 0 Å². The highest BCUT2D eigenvalue weighted by atomic mass is 16.5. The summed E-state index contributed by atoms with van der Waals surface area (Å²) in [4.78, 5) is 16.5. The molecular weight excluding hydrogens is 354 g/mol. The number of nitrogens with one attached hydrogen (secondary N) is 2. The quantitative estimate of drug-likeness (QED) is 0.582. The van der Waals surface area contributed by atoms with Crippen LogP contribution in [0.2, 0.25) is 0 Å². The Morgan fingerprint density at radius 1 is 0.964 bits per heavy atom. The van der Waals surface area contributed by atoms with E-state index < -0.39 is 0 Å². The standard InChI is InChI=1S/C22H23N3O3/c1-16-3-5-17(6-4-16)25-18-11-12-23-21(15-18)22(26)24-13-14-28-20-9-7-19(27-2)8-10-20/h3-12,15H,13-14H2,1-2H3,(H,23,25)(H,24,26). The van der Waals surface area contributed by atoms with Crippen LogP contribution in [0.25, 0.3) is 0 Å². The molecule has 0 saturated carbocycles. The topological polar surface area (TPSA) is 72.5 Å². The lowest BCUT2D eigenvalue weighted by atomic mass is 10.2. The third kappa shape index (κ3) is 5.48. The van der Waals surface area contributed by atoms with Crippen LogP contribution in [0.4, 0.5) is 11.4 Å². The van der Waals surface area contributed by atoms with Gasteiger partial charge in [0, 0.05) is 17.6 Å². The summed E-state index contributed by atoms with van der Waals surface area (Å²) in [5, 5.41) is 6.08. The van der Waals surface area contributed by atoms with Gasteiger partial charge in [0.1, 0.15) is 23.8 Å². The zero-order valence-corrected chi connectivity index (χ0v) is 15.9. The first-order chi connectivity index (χ1) is 13.6. The molecule has 0 bridgehead atoms. The molecule has 0 aliphatic carbocycles. The molecule has 2 aromatic carbocycles. The van der Waals surface area contributed by atoms with Gasteiger partial charge in [-0.05, 0) is 55.5 Å². The molecule has 0 unspecified atom stereocenters. The number of hydrogen-bond donors (Lipinski definition) is 2. The van der Waals surface area contributed by atoms with Crippen LogP contribution >= 0.6 is 0 Å². The molecule has 0 saturated heterocycles. The average molecular weight is 377 g/mol. The zero-order chi connectivity index (χ0) is 19.8. The van der Waals surface area contributed by atoms with E-state index in [9.17, 15) is 4.79 Å². The molecule has 1 amide bonds. The first-order valence-corrected chi connectivity index (χ1v) is 8.99. The van der Waals surface area contributed by atoms with Crippen LogP contribution in [0.15, 0.2) is 66.9 Å². The van der Waals surface area contributed by atoms with Gasteiger partial charge < -0.3 is 20.1 Å². The summed E-state index contributed by atoms with van der Waals surface area (Å²) in [7, 11) is 1.62. The molecule has 0 radical (unpaired) electrons. The van der Waals surface area contributed by atoms with Crippen molar-refractivity contribution < 1.29 is 14.3 Å². The number of benzene rings is 2. The largest absolute Gasteiger partial charge is 0.497 e. The van der Waals surface area contributed by atoms with Gasteiger partial charge in [-0.2, -0.15) is 0 Å². The van der Waals surface area contributed by atoms with E-state index in [2.05, 4.69) is 15.6 Å². The van der Waals surface area contributed by atoms with E-state index in [0.717, 1.165) is 22.9 Å². The third-order valence-corrected chi connectivity index (χ3v) is 4.05. The lowest BCUT2D eigenvalue weighted by Gasteiger charge is -2.10. The molecule has 0 fully saturated rings. The van der Waals surface area contributed by atoms with E-state index in [0.29, 0.717) is 18.8 Å². The van der Waals surface area contributed by atoms with E-state index in [1.165, 1.54) is 5.56 Å². The summed E-state index contributed by atoms with van der Waals surface area (Å²) in [5.41, 5.74) is 3.30. The average Bonchev–Trinajstić information content (AvgIpc) is 2.73. The van der Waals surface area contributed by atoms with Crippen molar-refractivity contribution >= 4 is 17.3 Å². The van der Waals surface area contributed by atoms with Crippen LogP contribution in [-0.2, 0) is 0 Å². The number of carbonyl (C=O) groups is 1. The smallest absolute Gasteiger partial charge is 0.270 e. The molecule has 3 aromatic rings. The second-order valence-corrected chi connectivity index (χ2v) is 6.20. The number of hydrogen-bond acceptors (Lipinski definition) is 5. The van der Waals surface area contributed by atoms with Crippen molar-refractivity contribution in [1.29, 1.82) is 0 Å². The molecule has 2 N–H and O–H groups in total. The maximum Gasteiger partial charge on any atom is 0.270 e. The minimum absolute atomic E-state index is 0.245. The molecule has 1 heterocycles. The van der Waals surface area contributed by atoms with Crippen LogP contribution in [-0.4, -0.2) is 31.2 Å². The summed E-state index contributed by atoms with van der Waals surface area (Å²) in [6.07, 6.45) is 1.61. The minimum atomic E-state index is -0.245. The lowest BCUT2D eigenvalue weighted by Crippen LogP contribution is -2.28. The second-order valence-electron chi connectivity index (χ2n) is 6.20. The molecule has 6 heteroatoms. The Bertz CT molecular complexity index is 909. The van der Waals surface area contributed by atoms with Crippen molar-refractivity contribution in [2.24, 2.45) is 0 Å². The molecule has 6 nitrogen and oxygen atoms in total. The van der Waals surface area contributed by atoms with Gasteiger partial charge in [-0.3, -0.25) is 9.78 Å². The summed E-state index contributed by atoms with van der Waals surface area (Å²) in [6, 6.07) is 18.9. The van der Waals surface area contributed by atoms with Gasteiger partial charge in [-0.1, -0.05) is 17.7 Å². The Labute approximate surface area is 164 Å². The van der Waals surface area contributed by atoms with Gasteiger partial charge in [0.05, 0.1) is 13.7 Å². The first kappa shape index (κ1) is 19.2. The van der Waals surface area contributed by atoms with Crippen LogP contribution in [0.3, 0.4) is 0 Å². The van der Waals surface area contributed by atoms with Crippen molar-refractivity contribution in [3.63, 3.8) is 0 Å². The molecule has 0 aliphatic heterocycles. The number of anilines is 2. The summed E-state index contributed by atoms with van der Waals surface area (Å²) in [6.45, 7) is 2.78. The van der Waals surface area contributed by atoms with Crippen molar-refractivity contribution in [3.8, 4) is 11.5 Å². The van der Waals surface area contributed by atoms with E-state index in [4.69, 9.17) is 9.47 Å². The second kappa shape index (κ2) is 9.41. The van der Waals surface area contributed by atoms with Gasteiger partial charge in [0.25, 0.3) is 5.91 Å². The van der Waals surface area contributed by atoms with Crippen LogP contribution in [0, 0.1) is 6.92 Å². The van der Waals surface area contributed by atoms with Crippen molar-refractivity contribution in [1.82, 2.24) is 10.3 Å². The Balaban J connectivity index is 1.49. The molecular formula is C22H23N3O3. The van der Waals surface area contributed by atoms with Gasteiger partial charge in [0.15, 0.2) is 0 Å². The van der Waals surface area contributed by atoms with Crippen LogP contribution in [0.5, 0.6) is 11.5 Å². The van der Waals surface area contributed by atoms with E-state index in [1.807, 2.05) is 61.5 Å². The fourth-order valence-electron chi connectivity index (χ4n) is 2.53. The molecule has 0 atom stereocenters. The molecule has 0 aliphatic rings. The SMILES string of the molecule is COc1ccc(OCCNC(=O)c2cc(Nc3ccc(C)cc3)ccn2)cc1. The predicted molar refractivity (Wildman–Crippen MR) is 110 cm³/mol. The van der Waals surface area contributed by atoms with Crippen LogP contribution < -0.4 is 20.1 Å². The van der Waals surface area contributed by atoms with E-state index in [-0.39, 0.29) is 5.91 Å². The lowest BCUT2D eigenvalue weighted by molar-refractivity contribution is 0.0942. The third-order valence-electron chi connectivity index (χ3n) is 4.05. The monoisotopic (exact) mass is 377 g/mol. The number of amides is 1. The Morgan fingerprint density at radius 2 is 1.68 bits per heavy atom. The van der Waals surface area contributed by atoms with Gasteiger partial charge in [-0.25, -0.2) is 0 Å². The number of ether oxygens (including phenoxy) is 2. The fraction of sp³-hybridized carbons (Fsp3) is 0.182. The first-order valence-electron chi connectivity index (χ1n) is 8.99. The van der Waals surface area contributed by atoms with E-state index in [1.54, 1.807) is 19.4 Å². The predicted octanol–water partition coefficient (Wildman–Crippen LogP) is 3.95. The number of pyridine rings is 1. The molecule has 1 aromatic heterocycles. The molecule has 0 spiro atoms. The van der Waals surface area contributed by atoms with Gasteiger partial charge in [0.2, 0.25) is 0 Å². The fourth-order valence-corrected chi connectivity index (χ4v) is 2.53. The van der Waals surface area contributed by atoms with Gasteiger partial charge in [-0.15, -0.1) is 0 Å². The summed E-state index contributed by atoms with van der Waals surface area (Å²) < 4.78 is 10.7. The van der Waals surface area contributed by atoms with Crippen molar-refractivity contribution in [3.05, 3.63) is 78.1 Å². The number of nitrogens with zero attached hydrogens (tertiary/aromatic N) is 1. The molecule has 3 rings (SSSR count). The highest BCUT2D eigenvalue weighted by Gasteiger charge is 2.08. The number of aryl methyl sites for hydroxylation is 1. The maximum absolute atomic E-state index is 12.3. The zero-order valence-electron chi connectivity index (χ0n) is 15.9. The highest BCUT2D eigenvalue weighted by Crippen LogP contribution is 2.18. The Hall–Kier alpha value is -3.54. The number of methoxy groups -OCH3 is 1. The number of carbonyl (C=O) groups excluding carboxylic acids is 1. The van der Waals surface area contributed by atoms with Gasteiger partial charge >= 0.3 is 0 Å². The normalized spacial score (nSPS) is 10.2. The summed E-state index contributed by atoms with van der Waals surface area (Å²) >= 11 is 0.